The Morgan fingerprint density at radius 3 is 2.69 bits per heavy atom. The van der Waals surface area contributed by atoms with Gasteiger partial charge in [0, 0.05) is 44.0 Å². The molecule has 4 rings (SSSR count). The summed E-state index contributed by atoms with van der Waals surface area (Å²) in [6.07, 6.45) is 4.91. The summed E-state index contributed by atoms with van der Waals surface area (Å²) in [6.45, 7) is 4.42. The van der Waals surface area contributed by atoms with Gasteiger partial charge < -0.3 is 18.9 Å². The van der Waals surface area contributed by atoms with Gasteiger partial charge in [0.15, 0.2) is 0 Å². The van der Waals surface area contributed by atoms with Gasteiger partial charge in [0.1, 0.15) is 17.3 Å². The lowest BCUT2D eigenvalue weighted by Gasteiger charge is -2.33. The second kappa shape index (κ2) is 9.90. The van der Waals surface area contributed by atoms with Gasteiger partial charge in [0.25, 0.3) is 5.91 Å². The zero-order chi connectivity index (χ0) is 22.5. The van der Waals surface area contributed by atoms with Crippen LogP contribution < -0.4 is 9.47 Å². The van der Waals surface area contributed by atoms with E-state index in [2.05, 4.69) is 35.8 Å². The van der Waals surface area contributed by atoms with Crippen LogP contribution in [0, 0.1) is 12.8 Å². The fourth-order valence-electron chi connectivity index (χ4n) is 4.48. The van der Waals surface area contributed by atoms with Crippen molar-refractivity contribution in [2.75, 3.05) is 27.3 Å². The van der Waals surface area contributed by atoms with Gasteiger partial charge >= 0.3 is 0 Å². The van der Waals surface area contributed by atoms with E-state index in [0.29, 0.717) is 23.0 Å². The molecule has 0 bridgehead atoms. The topological polar surface area (TPSA) is 56.6 Å². The number of aryl methyl sites for hydroxylation is 1. The molecule has 32 heavy (non-hydrogen) atoms. The molecule has 6 heteroatoms. The highest BCUT2D eigenvalue weighted by atomic mass is 16.5. The minimum absolute atomic E-state index is 0.0120. The number of amides is 1. The standard InChI is InChI=1S/C26H31N3O3/c1-19-16-27-25(29(19)18-20-8-5-4-6-9-20)14-21-10-7-13-28(17-21)26(30)23-12-11-22(31-2)15-24(23)32-3/h4-6,8-9,11-12,15-16,21H,7,10,13-14,17-18H2,1-3H3. The minimum atomic E-state index is 0.0120. The number of benzene rings is 2. The van der Waals surface area contributed by atoms with E-state index in [0.717, 1.165) is 50.4 Å². The van der Waals surface area contributed by atoms with Gasteiger partial charge in [-0.2, -0.15) is 0 Å². The molecule has 0 aliphatic carbocycles. The maximum Gasteiger partial charge on any atom is 0.257 e. The third-order valence-electron chi connectivity index (χ3n) is 6.24. The van der Waals surface area contributed by atoms with Crippen LogP contribution in [0.25, 0.3) is 0 Å². The normalized spacial score (nSPS) is 16.1. The monoisotopic (exact) mass is 433 g/mol. The molecule has 1 fully saturated rings. The van der Waals surface area contributed by atoms with E-state index in [-0.39, 0.29) is 5.91 Å². The Bertz CT molecular complexity index is 1060. The SMILES string of the molecule is COc1ccc(C(=O)N2CCCC(Cc3ncc(C)n3Cc3ccccc3)C2)c(OC)c1. The molecule has 1 aliphatic heterocycles. The fourth-order valence-corrected chi connectivity index (χ4v) is 4.48. The molecule has 0 N–H and O–H groups in total. The minimum Gasteiger partial charge on any atom is -0.497 e. The van der Waals surface area contributed by atoms with Crippen LogP contribution in [0.2, 0.25) is 0 Å². The van der Waals surface area contributed by atoms with Crippen LogP contribution in [-0.4, -0.2) is 47.7 Å². The quantitative estimate of drug-likeness (QED) is 0.556. The number of imidazole rings is 1. The largest absolute Gasteiger partial charge is 0.497 e. The molecule has 1 saturated heterocycles. The molecule has 1 aliphatic rings. The van der Waals surface area contributed by atoms with Gasteiger partial charge in [-0.15, -0.1) is 0 Å². The number of ether oxygens (including phenoxy) is 2. The first-order valence-electron chi connectivity index (χ1n) is 11.1. The molecule has 2 aromatic carbocycles. The second-order valence-corrected chi connectivity index (χ2v) is 8.42. The van der Waals surface area contributed by atoms with Crippen molar-refractivity contribution in [1.82, 2.24) is 14.5 Å². The number of carbonyl (C=O) groups is 1. The van der Waals surface area contributed by atoms with Gasteiger partial charge in [0.2, 0.25) is 0 Å². The van der Waals surface area contributed by atoms with Crippen LogP contribution >= 0.6 is 0 Å². The average molecular weight is 434 g/mol. The highest BCUT2D eigenvalue weighted by molar-refractivity contribution is 5.97. The highest BCUT2D eigenvalue weighted by Gasteiger charge is 2.27. The van der Waals surface area contributed by atoms with Crippen LogP contribution in [0.1, 0.15) is 40.3 Å². The molecule has 3 aromatic rings. The third kappa shape index (κ3) is 4.79. The van der Waals surface area contributed by atoms with E-state index in [1.807, 2.05) is 17.2 Å². The molecule has 1 atom stereocenters. The summed E-state index contributed by atoms with van der Waals surface area (Å²) in [5.41, 5.74) is 3.01. The van der Waals surface area contributed by atoms with E-state index < -0.39 is 0 Å². The van der Waals surface area contributed by atoms with Gasteiger partial charge in [0.05, 0.1) is 19.8 Å². The molecule has 1 aromatic heterocycles. The first-order chi connectivity index (χ1) is 15.6. The van der Waals surface area contributed by atoms with Crippen molar-refractivity contribution in [2.24, 2.45) is 5.92 Å². The fraction of sp³-hybridized carbons (Fsp3) is 0.385. The van der Waals surface area contributed by atoms with Crippen molar-refractivity contribution in [3.05, 3.63) is 77.4 Å². The average Bonchev–Trinajstić information content (AvgIpc) is 3.17. The summed E-state index contributed by atoms with van der Waals surface area (Å²) in [5.74, 6) is 2.71. The first-order valence-corrected chi connectivity index (χ1v) is 11.1. The lowest BCUT2D eigenvalue weighted by atomic mass is 9.93. The molecular formula is C26H31N3O3. The van der Waals surface area contributed by atoms with E-state index >= 15 is 0 Å². The van der Waals surface area contributed by atoms with Crippen molar-refractivity contribution in [1.29, 1.82) is 0 Å². The summed E-state index contributed by atoms with van der Waals surface area (Å²) >= 11 is 0. The Kier molecular flexibility index (Phi) is 6.78. The highest BCUT2D eigenvalue weighted by Crippen LogP contribution is 2.28. The maximum absolute atomic E-state index is 13.3. The smallest absolute Gasteiger partial charge is 0.257 e. The molecule has 168 valence electrons. The lowest BCUT2D eigenvalue weighted by molar-refractivity contribution is 0.0668. The molecular weight excluding hydrogens is 402 g/mol. The molecule has 0 spiro atoms. The summed E-state index contributed by atoms with van der Waals surface area (Å²) in [7, 11) is 3.19. The molecule has 0 saturated carbocycles. The van der Waals surface area contributed by atoms with Crippen molar-refractivity contribution in [3.8, 4) is 11.5 Å². The predicted molar refractivity (Wildman–Crippen MR) is 124 cm³/mol. The number of methoxy groups -OCH3 is 2. The van der Waals surface area contributed by atoms with E-state index in [9.17, 15) is 4.79 Å². The summed E-state index contributed by atoms with van der Waals surface area (Å²) < 4.78 is 13.0. The summed E-state index contributed by atoms with van der Waals surface area (Å²) in [6, 6.07) is 15.8. The number of aromatic nitrogens is 2. The number of likely N-dealkylation sites (tertiary alicyclic amines) is 1. The summed E-state index contributed by atoms with van der Waals surface area (Å²) in [5, 5.41) is 0. The number of hydrogen-bond acceptors (Lipinski definition) is 4. The van der Waals surface area contributed by atoms with Crippen LogP contribution in [0.3, 0.4) is 0 Å². The molecule has 1 amide bonds. The van der Waals surface area contributed by atoms with Gasteiger partial charge in [-0.3, -0.25) is 4.79 Å². The van der Waals surface area contributed by atoms with E-state index in [1.165, 1.54) is 5.56 Å². The Morgan fingerprint density at radius 1 is 1.12 bits per heavy atom. The number of rotatable bonds is 7. The Balaban J connectivity index is 1.47. The van der Waals surface area contributed by atoms with Crippen molar-refractivity contribution >= 4 is 5.91 Å². The van der Waals surface area contributed by atoms with Crippen molar-refractivity contribution in [3.63, 3.8) is 0 Å². The molecule has 6 nitrogen and oxygen atoms in total. The van der Waals surface area contributed by atoms with Crippen molar-refractivity contribution in [2.45, 2.75) is 32.7 Å². The zero-order valence-corrected chi connectivity index (χ0v) is 19.1. The molecule has 0 radical (unpaired) electrons. The van der Waals surface area contributed by atoms with Crippen LogP contribution in [0.15, 0.2) is 54.7 Å². The first kappa shape index (κ1) is 21.9. The number of nitrogens with zero attached hydrogens (tertiary/aromatic N) is 3. The van der Waals surface area contributed by atoms with Crippen molar-refractivity contribution < 1.29 is 14.3 Å². The van der Waals surface area contributed by atoms with Crippen LogP contribution in [-0.2, 0) is 13.0 Å². The third-order valence-corrected chi connectivity index (χ3v) is 6.24. The maximum atomic E-state index is 13.3. The van der Waals surface area contributed by atoms with Gasteiger partial charge in [-0.05, 0) is 43.4 Å². The number of hydrogen-bond donors (Lipinski definition) is 0. The molecule has 2 heterocycles. The van der Waals surface area contributed by atoms with Gasteiger partial charge in [-0.1, -0.05) is 30.3 Å². The van der Waals surface area contributed by atoms with E-state index in [4.69, 9.17) is 14.5 Å². The summed E-state index contributed by atoms with van der Waals surface area (Å²) in [4.78, 5) is 19.9. The van der Waals surface area contributed by atoms with Crippen LogP contribution in [0.5, 0.6) is 11.5 Å². The second-order valence-electron chi connectivity index (χ2n) is 8.42. The Hall–Kier alpha value is -3.28. The number of carbonyl (C=O) groups excluding carboxylic acids is 1. The van der Waals surface area contributed by atoms with Crippen LogP contribution in [0.4, 0.5) is 0 Å². The van der Waals surface area contributed by atoms with Gasteiger partial charge in [-0.25, -0.2) is 4.98 Å². The van der Waals surface area contributed by atoms with E-state index in [1.54, 1.807) is 32.4 Å². The zero-order valence-electron chi connectivity index (χ0n) is 19.1. The predicted octanol–water partition coefficient (Wildman–Crippen LogP) is 4.35. The Morgan fingerprint density at radius 2 is 1.94 bits per heavy atom. The Labute approximate surface area is 189 Å². The number of piperidine rings is 1. The molecule has 1 unspecified atom stereocenters. The lowest BCUT2D eigenvalue weighted by Crippen LogP contribution is -2.40.